The Kier molecular flexibility index (Phi) is 3.47. The largest absolute Gasteiger partial charge is 0.466 e. The van der Waals surface area contributed by atoms with Gasteiger partial charge in [0, 0.05) is 18.7 Å². The first-order valence-corrected chi connectivity index (χ1v) is 6.13. The van der Waals surface area contributed by atoms with E-state index in [1.54, 1.807) is 17.9 Å². The van der Waals surface area contributed by atoms with Crippen LogP contribution in [0.5, 0.6) is 6.01 Å². The number of carbonyl (C=O) groups excluding carboxylic acids is 1. The molecule has 8 heteroatoms. The van der Waals surface area contributed by atoms with E-state index in [0.29, 0.717) is 5.56 Å². The van der Waals surface area contributed by atoms with E-state index in [1.165, 1.54) is 7.11 Å². The topological polar surface area (TPSA) is 97.7 Å². The Labute approximate surface area is 116 Å². The molecule has 0 atom stereocenters. The number of hydrogen-bond acceptors (Lipinski definition) is 5. The van der Waals surface area contributed by atoms with Crippen LogP contribution in [0.25, 0.3) is 0 Å². The van der Waals surface area contributed by atoms with Gasteiger partial charge in [-0.05, 0) is 0 Å². The molecule has 0 aromatic carbocycles. The average Bonchev–Trinajstić information content (AvgIpc) is 2.94. The van der Waals surface area contributed by atoms with Gasteiger partial charge in [0.15, 0.2) is 0 Å². The van der Waals surface area contributed by atoms with E-state index in [-0.39, 0.29) is 23.3 Å². The fraction of sp³-hybridized carbons (Fsp3) is 0.500. The zero-order chi connectivity index (χ0) is 14.9. The van der Waals surface area contributed by atoms with E-state index in [0.717, 1.165) is 5.69 Å². The summed E-state index contributed by atoms with van der Waals surface area (Å²) in [7, 11) is 3.23. The lowest BCUT2D eigenvalue weighted by molar-refractivity contribution is 0.102. The van der Waals surface area contributed by atoms with Crippen LogP contribution in [0.3, 0.4) is 0 Å². The summed E-state index contributed by atoms with van der Waals surface area (Å²) < 4.78 is 6.46. The minimum atomic E-state index is -0.290. The molecule has 0 aliphatic carbocycles. The van der Waals surface area contributed by atoms with Crippen molar-refractivity contribution < 1.29 is 9.53 Å². The number of nitrogens with one attached hydrogen (secondary N) is 2. The molecule has 0 saturated carbocycles. The Morgan fingerprint density at radius 2 is 2.15 bits per heavy atom. The Bertz CT molecular complexity index is 622. The smallest absolute Gasteiger partial charge is 0.336 e. The van der Waals surface area contributed by atoms with Gasteiger partial charge in [-0.2, -0.15) is 10.1 Å². The van der Waals surface area contributed by atoms with Gasteiger partial charge in [0.25, 0.3) is 5.91 Å². The van der Waals surface area contributed by atoms with Crippen LogP contribution in [-0.2, 0) is 12.5 Å². The summed E-state index contributed by atoms with van der Waals surface area (Å²) >= 11 is 0. The fourth-order valence-corrected chi connectivity index (χ4v) is 1.78. The molecule has 2 aromatic heterocycles. The van der Waals surface area contributed by atoms with Crippen molar-refractivity contribution in [3.05, 3.63) is 17.5 Å². The molecular weight excluding hydrogens is 260 g/mol. The lowest BCUT2D eigenvalue weighted by Crippen LogP contribution is -2.20. The number of hydrogen-bond donors (Lipinski definition) is 2. The predicted octanol–water partition coefficient (Wildman–Crippen LogP) is 1.10. The molecule has 0 saturated heterocycles. The van der Waals surface area contributed by atoms with Gasteiger partial charge in [-0.3, -0.25) is 14.8 Å². The first kappa shape index (κ1) is 14.0. The third-order valence-corrected chi connectivity index (χ3v) is 2.66. The van der Waals surface area contributed by atoms with Crippen molar-refractivity contribution in [3.8, 4) is 6.01 Å². The molecule has 0 aliphatic rings. The van der Waals surface area contributed by atoms with Crippen LogP contribution in [0.4, 0.5) is 5.95 Å². The highest BCUT2D eigenvalue weighted by Crippen LogP contribution is 2.24. The van der Waals surface area contributed by atoms with Gasteiger partial charge < -0.3 is 4.74 Å². The first-order valence-electron chi connectivity index (χ1n) is 6.13. The molecule has 2 heterocycles. The normalized spacial score (nSPS) is 11.4. The Morgan fingerprint density at radius 1 is 1.45 bits per heavy atom. The zero-order valence-corrected chi connectivity index (χ0v) is 12.2. The van der Waals surface area contributed by atoms with E-state index < -0.39 is 0 Å². The molecule has 1 amide bonds. The maximum absolute atomic E-state index is 12.3. The Hall–Kier alpha value is -2.38. The Morgan fingerprint density at radius 3 is 2.70 bits per heavy atom. The maximum Gasteiger partial charge on any atom is 0.336 e. The van der Waals surface area contributed by atoms with Gasteiger partial charge in [0.2, 0.25) is 5.95 Å². The highest BCUT2D eigenvalue weighted by Gasteiger charge is 2.26. The minimum Gasteiger partial charge on any atom is -0.466 e. The van der Waals surface area contributed by atoms with Gasteiger partial charge in [-0.25, -0.2) is 5.10 Å². The summed E-state index contributed by atoms with van der Waals surface area (Å²) in [5, 5.41) is 13.3. The molecule has 8 nitrogen and oxygen atoms in total. The van der Waals surface area contributed by atoms with Crippen molar-refractivity contribution in [2.45, 2.75) is 26.2 Å². The van der Waals surface area contributed by atoms with Gasteiger partial charge >= 0.3 is 6.01 Å². The standard InChI is InChI=1S/C12H18N6O2/c1-12(2,3)8-7(6-18(4)17-8)9(19)13-10-14-11(20-5)16-15-10/h6H,1-5H3,(H2,13,14,15,16,19). The number of aromatic amines is 1. The molecule has 0 unspecified atom stereocenters. The van der Waals surface area contributed by atoms with E-state index in [9.17, 15) is 4.79 Å². The SMILES string of the molecule is COc1n[nH]c(NC(=O)c2cn(C)nc2C(C)(C)C)n1. The molecule has 0 fully saturated rings. The molecule has 0 aliphatic heterocycles. The molecule has 0 bridgehead atoms. The lowest BCUT2D eigenvalue weighted by atomic mass is 9.89. The second kappa shape index (κ2) is 4.95. The van der Waals surface area contributed by atoms with Crippen molar-refractivity contribution >= 4 is 11.9 Å². The van der Waals surface area contributed by atoms with Crippen LogP contribution in [0.2, 0.25) is 0 Å². The number of rotatable bonds is 3. The van der Waals surface area contributed by atoms with Crippen LogP contribution < -0.4 is 10.1 Å². The fourth-order valence-electron chi connectivity index (χ4n) is 1.78. The van der Waals surface area contributed by atoms with Crippen molar-refractivity contribution in [3.63, 3.8) is 0 Å². The summed E-state index contributed by atoms with van der Waals surface area (Å²) in [4.78, 5) is 16.2. The van der Waals surface area contributed by atoms with E-state index in [2.05, 4.69) is 25.6 Å². The molecule has 0 radical (unpaired) electrons. The number of anilines is 1. The second-order valence-electron chi connectivity index (χ2n) is 5.44. The zero-order valence-electron chi connectivity index (χ0n) is 12.2. The van der Waals surface area contributed by atoms with E-state index >= 15 is 0 Å². The molecule has 2 aromatic rings. The third-order valence-electron chi connectivity index (χ3n) is 2.66. The molecular formula is C12H18N6O2. The summed E-state index contributed by atoms with van der Waals surface area (Å²) in [5.41, 5.74) is 1.01. The van der Waals surface area contributed by atoms with Crippen molar-refractivity contribution in [1.29, 1.82) is 0 Å². The van der Waals surface area contributed by atoms with Crippen LogP contribution in [0, 0.1) is 0 Å². The number of carbonyl (C=O) groups is 1. The second-order valence-corrected chi connectivity index (χ2v) is 5.44. The summed E-state index contributed by atoms with van der Waals surface area (Å²) in [6.07, 6.45) is 1.68. The highest BCUT2D eigenvalue weighted by atomic mass is 16.5. The van der Waals surface area contributed by atoms with Crippen LogP contribution in [0.1, 0.15) is 36.8 Å². The van der Waals surface area contributed by atoms with Gasteiger partial charge in [0.1, 0.15) is 0 Å². The summed E-state index contributed by atoms with van der Waals surface area (Å²) in [6, 6.07) is 0.169. The van der Waals surface area contributed by atoms with Crippen LogP contribution >= 0.6 is 0 Å². The minimum absolute atomic E-state index is 0.169. The van der Waals surface area contributed by atoms with Crippen molar-refractivity contribution in [1.82, 2.24) is 25.0 Å². The molecule has 20 heavy (non-hydrogen) atoms. The monoisotopic (exact) mass is 278 g/mol. The number of nitrogens with zero attached hydrogens (tertiary/aromatic N) is 4. The van der Waals surface area contributed by atoms with Crippen molar-refractivity contribution in [2.75, 3.05) is 12.4 Å². The summed E-state index contributed by atoms with van der Waals surface area (Å²) in [6.45, 7) is 6.01. The Balaban J connectivity index is 2.25. The van der Waals surface area contributed by atoms with Crippen LogP contribution in [0.15, 0.2) is 6.20 Å². The maximum atomic E-state index is 12.3. The van der Waals surface area contributed by atoms with Gasteiger partial charge in [-0.15, -0.1) is 5.10 Å². The lowest BCUT2D eigenvalue weighted by Gasteiger charge is -2.16. The predicted molar refractivity (Wildman–Crippen MR) is 72.8 cm³/mol. The van der Waals surface area contributed by atoms with Crippen molar-refractivity contribution in [2.24, 2.45) is 7.05 Å². The quantitative estimate of drug-likeness (QED) is 0.876. The number of ether oxygens (including phenoxy) is 1. The molecule has 2 N–H and O–H groups in total. The number of methoxy groups -OCH3 is 1. The third kappa shape index (κ3) is 2.79. The average molecular weight is 278 g/mol. The van der Waals surface area contributed by atoms with Crippen LogP contribution in [-0.4, -0.2) is 38.0 Å². The van der Waals surface area contributed by atoms with Gasteiger partial charge in [-0.1, -0.05) is 20.8 Å². The number of aromatic nitrogens is 5. The molecule has 108 valence electrons. The number of amides is 1. The molecule has 0 spiro atoms. The molecule has 2 rings (SSSR count). The van der Waals surface area contributed by atoms with Gasteiger partial charge in [0.05, 0.1) is 18.4 Å². The summed E-state index contributed by atoms with van der Waals surface area (Å²) in [5.74, 6) is -0.0580. The number of H-pyrrole nitrogens is 1. The highest BCUT2D eigenvalue weighted by molar-refractivity contribution is 6.04. The van der Waals surface area contributed by atoms with E-state index in [4.69, 9.17) is 4.74 Å². The van der Waals surface area contributed by atoms with E-state index in [1.807, 2.05) is 20.8 Å². The number of aryl methyl sites for hydroxylation is 1. The first-order chi connectivity index (χ1) is 9.31.